The summed E-state index contributed by atoms with van der Waals surface area (Å²) in [7, 11) is 3.85. The lowest BCUT2D eigenvalue weighted by Crippen LogP contribution is -2.46. The zero-order valence-corrected chi connectivity index (χ0v) is 38.7. The Hall–Kier alpha value is -5.94. The monoisotopic (exact) mass is 921 g/mol. The van der Waals surface area contributed by atoms with E-state index in [0.29, 0.717) is 61.7 Å². The van der Waals surface area contributed by atoms with Crippen molar-refractivity contribution in [1.29, 1.82) is 0 Å². The van der Waals surface area contributed by atoms with Crippen LogP contribution in [0.2, 0.25) is 0 Å². The number of ether oxygens (including phenoxy) is 1. The second-order valence-corrected chi connectivity index (χ2v) is 17.8. The molecule has 0 N–H and O–H groups in total. The molecule has 13 nitrogen and oxygen atoms in total. The molecular weight excluding hydrogens is 860 g/mol. The van der Waals surface area contributed by atoms with E-state index in [1.54, 1.807) is 47.3 Å². The molecule has 2 aliphatic heterocycles. The summed E-state index contributed by atoms with van der Waals surface area (Å²) in [4.78, 5) is 45.5. The number of nitrogens with zero attached hydrogens (tertiary/aromatic N) is 9. The van der Waals surface area contributed by atoms with Crippen LogP contribution in [0, 0.1) is 0 Å². The summed E-state index contributed by atoms with van der Waals surface area (Å²) in [6.45, 7) is 9.44. The number of piperidine rings is 1. The van der Waals surface area contributed by atoms with Gasteiger partial charge in [-0.3, -0.25) is 24.1 Å². The normalized spacial score (nSPS) is 15.7. The molecule has 0 spiro atoms. The van der Waals surface area contributed by atoms with Crippen molar-refractivity contribution in [1.82, 2.24) is 38.6 Å². The van der Waals surface area contributed by atoms with Crippen LogP contribution in [0.4, 0.5) is 18.9 Å². The number of likely N-dealkylation sites (tertiary alicyclic amines) is 1. The summed E-state index contributed by atoms with van der Waals surface area (Å²) in [5, 5.41) is 7.99. The van der Waals surface area contributed by atoms with Gasteiger partial charge in [0.1, 0.15) is 24.7 Å². The van der Waals surface area contributed by atoms with Gasteiger partial charge < -0.3 is 19.0 Å². The minimum absolute atomic E-state index is 0.0622. The summed E-state index contributed by atoms with van der Waals surface area (Å²) < 4.78 is 52.5. The van der Waals surface area contributed by atoms with Crippen molar-refractivity contribution < 1.29 is 27.5 Å². The van der Waals surface area contributed by atoms with Crippen LogP contribution in [0.5, 0.6) is 0 Å². The molecule has 1 unspecified atom stereocenters. The summed E-state index contributed by atoms with van der Waals surface area (Å²) in [5.41, 5.74) is 5.51. The Labute approximate surface area is 390 Å². The van der Waals surface area contributed by atoms with Crippen LogP contribution in [0.15, 0.2) is 108 Å². The van der Waals surface area contributed by atoms with E-state index in [1.807, 2.05) is 32.3 Å². The number of rotatable bonds is 19. The van der Waals surface area contributed by atoms with Crippen molar-refractivity contribution >= 4 is 18.3 Å². The molecule has 2 fully saturated rings. The fourth-order valence-corrected chi connectivity index (χ4v) is 8.76. The molecule has 0 amide bonds. The van der Waals surface area contributed by atoms with E-state index < -0.39 is 12.0 Å². The van der Waals surface area contributed by atoms with Gasteiger partial charge in [0.15, 0.2) is 0 Å². The highest BCUT2D eigenvalue weighted by Crippen LogP contribution is 2.25. The van der Waals surface area contributed by atoms with Gasteiger partial charge in [0.25, 0.3) is 0 Å². The highest BCUT2D eigenvalue weighted by molar-refractivity contribution is 5.78. The number of alkyl halides is 3. The number of hydrogen-bond acceptors (Lipinski definition) is 10. The van der Waals surface area contributed by atoms with Crippen LogP contribution in [-0.4, -0.2) is 116 Å². The van der Waals surface area contributed by atoms with E-state index in [9.17, 15) is 27.6 Å². The quantitative estimate of drug-likeness (QED) is 0.0795. The summed E-state index contributed by atoms with van der Waals surface area (Å²) in [6, 6.07) is 26.8. The molecule has 356 valence electrons. The zero-order valence-electron chi connectivity index (χ0n) is 38.7. The first-order chi connectivity index (χ1) is 32.4. The van der Waals surface area contributed by atoms with Crippen LogP contribution in [0.3, 0.4) is 0 Å². The number of piperazine rings is 1. The van der Waals surface area contributed by atoms with E-state index in [-0.39, 0.29) is 23.3 Å². The van der Waals surface area contributed by atoms with Crippen molar-refractivity contribution in [3.05, 3.63) is 153 Å². The Kier molecular flexibility index (Phi) is 16.9. The summed E-state index contributed by atoms with van der Waals surface area (Å²) >= 11 is 0. The second-order valence-electron chi connectivity index (χ2n) is 17.8. The molecular formula is C51H62F3N9O4. The third kappa shape index (κ3) is 13.6. The Bertz CT molecular complexity index is 2520. The molecule has 5 aromatic rings. The van der Waals surface area contributed by atoms with Gasteiger partial charge in [-0.05, 0) is 104 Å². The lowest BCUT2D eigenvalue weighted by Gasteiger charge is -2.36. The first-order valence-corrected chi connectivity index (χ1v) is 23.1. The molecule has 2 aliphatic rings. The van der Waals surface area contributed by atoms with Crippen LogP contribution in [0.25, 0.3) is 5.69 Å². The van der Waals surface area contributed by atoms with Crippen LogP contribution < -0.4 is 10.6 Å². The van der Waals surface area contributed by atoms with E-state index in [0.717, 1.165) is 98.6 Å². The second kappa shape index (κ2) is 23.2. The molecule has 0 aliphatic carbocycles. The maximum atomic E-state index is 14.5. The smallest absolute Gasteiger partial charge is 0.378 e. The predicted octanol–water partition coefficient (Wildman–Crippen LogP) is 7.12. The number of hydrogen-bond donors (Lipinski definition) is 0. The van der Waals surface area contributed by atoms with Crippen molar-refractivity contribution in [2.45, 2.75) is 83.5 Å². The molecule has 1 atom stereocenters. The number of carbonyl (C=O) groups is 2. The number of aldehydes is 2. The number of carbonyl (C=O) groups excluding carboxylic acids is 2. The molecule has 2 saturated heterocycles. The van der Waals surface area contributed by atoms with E-state index >= 15 is 0 Å². The lowest BCUT2D eigenvalue weighted by atomic mass is 10.0. The number of benzene rings is 3. The number of halogens is 3. The van der Waals surface area contributed by atoms with Crippen LogP contribution >= 0.6 is 0 Å². The molecule has 16 heteroatoms. The molecule has 3 aromatic carbocycles. The zero-order chi connectivity index (χ0) is 47.3. The molecule has 2 aromatic heterocycles. The number of anilines is 1. The fourth-order valence-electron chi connectivity index (χ4n) is 8.76. The van der Waals surface area contributed by atoms with Gasteiger partial charge in [-0.25, -0.2) is 9.36 Å². The predicted molar refractivity (Wildman–Crippen MR) is 253 cm³/mol. The molecule has 4 heterocycles. The Morgan fingerprint density at radius 2 is 1.55 bits per heavy atom. The summed E-state index contributed by atoms with van der Waals surface area (Å²) in [5.74, 6) is 0.684. The highest BCUT2D eigenvalue weighted by Gasteiger charge is 2.33. The standard InChI is InChI=1S/C51H62F3N9O4/c1-39(8-7-28-64)57(2)36-45-32-46(17-16-44(45)37-65)61-26-24-60(25-27-61)33-41-14-12-40(13-15-41)20-29-67-48-18-22-59(23-19-48)34-43-9-4-5-21-62(50(66)63(35-43)51(52,53)54)47-11-6-10-42(30-47)31-49-56-55-38-58(49)3/h4-6,9-17,21,28,30,32,35,37-39,48H,7-8,18-20,22-27,29,31,33-34,36H2,1-3H3. The highest BCUT2D eigenvalue weighted by atomic mass is 19.4. The van der Waals surface area contributed by atoms with E-state index in [1.165, 1.54) is 17.3 Å². The largest absolute Gasteiger partial charge is 0.492 e. The minimum atomic E-state index is -4.95. The molecule has 0 radical (unpaired) electrons. The Balaban J connectivity index is 0.863. The molecule has 0 saturated carbocycles. The third-order valence-electron chi connectivity index (χ3n) is 13.0. The number of aryl methyl sites for hydroxylation is 1. The van der Waals surface area contributed by atoms with E-state index in [4.69, 9.17) is 4.74 Å². The summed E-state index contributed by atoms with van der Waals surface area (Å²) in [6.07, 6.45) is 4.85. The first kappa shape index (κ1) is 49.0. The van der Waals surface area contributed by atoms with Crippen LogP contribution in [-0.2, 0) is 55.4 Å². The first-order valence-electron chi connectivity index (χ1n) is 23.1. The van der Waals surface area contributed by atoms with Crippen LogP contribution in [0.1, 0.15) is 76.6 Å². The van der Waals surface area contributed by atoms with Crippen molar-refractivity contribution in [2.24, 2.45) is 7.05 Å². The molecule has 0 bridgehead atoms. The van der Waals surface area contributed by atoms with Crippen molar-refractivity contribution in [2.75, 3.05) is 57.8 Å². The van der Waals surface area contributed by atoms with Gasteiger partial charge in [0.2, 0.25) is 0 Å². The minimum Gasteiger partial charge on any atom is -0.378 e. The van der Waals surface area contributed by atoms with Gasteiger partial charge in [-0.2, -0.15) is 0 Å². The van der Waals surface area contributed by atoms with Crippen molar-refractivity contribution in [3.8, 4) is 5.69 Å². The topological polar surface area (TPSA) is 114 Å². The third-order valence-corrected chi connectivity index (χ3v) is 13.0. The number of aromatic nitrogens is 5. The molecule has 67 heavy (non-hydrogen) atoms. The van der Waals surface area contributed by atoms with E-state index in [2.05, 4.69) is 67.1 Å². The maximum Gasteiger partial charge on any atom is 0.492 e. The maximum absolute atomic E-state index is 14.5. The van der Waals surface area contributed by atoms with Crippen molar-refractivity contribution in [3.63, 3.8) is 0 Å². The lowest BCUT2D eigenvalue weighted by molar-refractivity contribution is -0.207. The Morgan fingerprint density at radius 1 is 0.836 bits per heavy atom. The molecule has 7 rings (SSSR count). The average Bonchev–Trinajstić information content (AvgIpc) is 3.76. The van der Waals surface area contributed by atoms with Gasteiger partial charge >= 0.3 is 12.0 Å². The Morgan fingerprint density at radius 3 is 2.25 bits per heavy atom. The SMILES string of the molecule is CC(CCC=O)N(C)Cc1cc(N2CCN(Cc3ccc(CCOC4CCN(Cc5ccccn(-c6cccc(Cc7nncn7C)c6)c(=O)n(C(F)(F)F)c5)CC4)cc3)CC2)ccc1C=O. The van der Waals surface area contributed by atoms with Gasteiger partial charge in [-0.1, -0.05) is 48.5 Å². The fraction of sp³-hybridized carbons (Fsp3) is 0.431. The average molecular weight is 922 g/mol. The van der Waals surface area contributed by atoms with Gasteiger partial charge in [-0.15, -0.1) is 23.4 Å². The van der Waals surface area contributed by atoms with Gasteiger partial charge in [0, 0.05) is 108 Å². The van der Waals surface area contributed by atoms with Gasteiger partial charge in [0.05, 0.1) is 18.4 Å².